The number of hydrogen-bond donors (Lipinski definition) is 0. The van der Waals surface area contributed by atoms with Gasteiger partial charge in [-0.3, -0.25) is 4.57 Å². The highest BCUT2D eigenvalue weighted by molar-refractivity contribution is 6.43. The molecule has 4 aromatic rings. The van der Waals surface area contributed by atoms with Gasteiger partial charge in [-0.05, 0) is 36.4 Å². The predicted octanol–water partition coefficient (Wildman–Crippen LogP) is 7.82. The second kappa shape index (κ2) is 7.57. The summed E-state index contributed by atoms with van der Waals surface area (Å²) < 4.78 is 1.93. The fourth-order valence-corrected chi connectivity index (χ4v) is 3.55. The van der Waals surface area contributed by atoms with Gasteiger partial charge in [-0.2, -0.15) is 0 Å². The van der Waals surface area contributed by atoms with Gasteiger partial charge in [0.25, 0.3) is 0 Å². The van der Waals surface area contributed by atoms with Gasteiger partial charge in [0.1, 0.15) is 6.33 Å². The van der Waals surface area contributed by atoms with E-state index in [4.69, 9.17) is 46.4 Å². The lowest BCUT2D eigenvalue weighted by atomic mass is 10.0. The van der Waals surface area contributed by atoms with Crippen LogP contribution in [0.15, 0.2) is 73.1 Å². The van der Waals surface area contributed by atoms with Crippen molar-refractivity contribution in [3.63, 3.8) is 0 Å². The summed E-state index contributed by atoms with van der Waals surface area (Å²) in [5, 5.41) is 2.29. The van der Waals surface area contributed by atoms with E-state index in [-0.39, 0.29) is 0 Å². The highest BCUT2D eigenvalue weighted by atomic mass is 35.5. The van der Waals surface area contributed by atoms with E-state index in [9.17, 15) is 0 Å². The molecular weight excluding hydrogens is 422 g/mol. The lowest BCUT2D eigenvalue weighted by Gasteiger charge is -2.13. The van der Waals surface area contributed by atoms with Crippen molar-refractivity contribution < 1.29 is 0 Å². The van der Waals surface area contributed by atoms with Crippen molar-refractivity contribution in [3.05, 3.63) is 93.1 Å². The maximum Gasteiger partial charge on any atom is 0.100 e. The van der Waals surface area contributed by atoms with Gasteiger partial charge in [-0.1, -0.05) is 76.7 Å². The maximum absolute atomic E-state index is 6.47. The van der Waals surface area contributed by atoms with Crippen LogP contribution >= 0.6 is 46.4 Å². The minimum atomic E-state index is 0.467. The largest absolute Gasteiger partial charge is 0.297 e. The Balaban J connectivity index is 1.98. The number of rotatable bonds is 3. The quantitative estimate of drug-likeness (QED) is 0.322. The number of benzene rings is 3. The highest BCUT2D eigenvalue weighted by Gasteiger charge is 2.18. The van der Waals surface area contributed by atoms with Crippen LogP contribution in [-0.2, 0) is 0 Å². The van der Waals surface area contributed by atoms with Crippen molar-refractivity contribution in [1.29, 1.82) is 0 Å². The second-order valence-electron chi connectivity index (χ2n) is 5.90. The van der Waals surface area contributed by atoms with Crippen molar-refractivity contribution in [3.8, 4) is 28.2 Å². The number of nitrogens with zero attached hydrogens (tertiary/aromatic N) is 2. The van der Waals surface area contributed by atoms with Crippen molar-refractivity contribution in [2.24, 2.45) is 0 Å². The molecule has 0 aliphatic rings. The molecule has 2 nitrogen and oxygen atoms in total. The molecule has 0 fully saturated rings. The number of halogens is 4. The summed E-state index contributed by atoms with van der Waals surface area (Å²) >= 11 is 24.8. The Labute approximate surface area is 176 Å². The standard InChI is InChI=1S/C21H12Cl4N2/c22-15-8-4-13(5-9-15)20-21(14-6-10-16(23)11-7-14)27(12-26-20)18-3-1-2-17(24)19(18)25/h1-12H. The van der Waals surface area contributed by atoms with Gasteiger partial charge in [0.2, 0.25) is 0 Å². The predicted molar refractivity (Wildman–Crippen MR) is 114 cm³/mol. The van der Waals surface area contributed by atoms with E-state index < -0.39 is 0 Å². The lowest BCUT2D eigenvalue weighted by molar-refractivity contribution is 1.06. The van der Waals surface area contributed by atoms with E-state index in [0.29, 0.717) is 20.1 Å². The van der Waals surface area contributed by atoms with Gasteiger partial charge < -0.3 is 0 Å². The molecule has 1 aromatic heterocycles. The van der Waals surface area contributed by atoms with Crippen LogP contribution in [0.5, 0.6) is 0 Å². The first-order chi connectivity index (χ1) is 13.0. The molecule has 6 heteroatoms. The summed E-state index contributed by atoms with van der Waals surface area (Å²) in [5.74, 6) is 0. The van der Waals surface area contributed by atoms with Gasteiger partial charge in [0.05, 0.1) is 27.1 Å². The Hall–Kier alpha value is -1.97. The normalized spacial score (nSPS) is 11.0. The molecule has 0 saturated heterocycles. The molecule has 134 valence electrons. The van der Waals surface area contributed by atoms with Crippen LogP contribution in [0.3, 0.4) is 0 Å². The molecular formula is C21H12Cl4N2. The number of aromatic nitrogens is 2. The first-order valence-electron chi connectivity index (χ1n) is 8.08. The molecule has 3 aromatic carbocycles. The zero-order valence-electron chi connectivity index (χ0n) is 13.8. The third-order valence-corrected chi connectivity index (χ3v) is 5.51. The van der Waals surface area contributed by atoms with Crippen LogP contribution in [0, 0.1) is 0 Å². The van der Waals surface area contributed by atoms with Gasteiger partial charge in [0.15, 0.2) is 0 Å². The average Bonchev–Trinajstić information content (AvgIpc) is 3.10. The van der Waals surface area contributed by atoms with Crippen molar-refractivity contribution >= 4 is 46.4 Å². The zero-order valence-corrected chi connectivity index (χ0v) is 16.9. The summed E-state index contributed by atoms with van der Waals surface area (Å²) in [6, 6.07) is 20.7. The molecule has 0 aliphatic carbocycles. The van der Waals surface area contributed by atoms with Gasteiger partial charge in [0, 0.05) is 21.2 Å². The van der Waals surface area contributed by atoms with E-state index in [0.717, 1.165) is 28.2 Å². The summed E-state index contributed by atoms with van der Waals surface area (Å²) in [6.07, 6.45) is 1.74. The van der Waals surface area contributed by atoms with Crippen molar-refractivity contribution in [2.75, 3.05) is 0 Å². The molecule has 0 atom stereocenters. The zero-order chi connectivity index (χ0) is 19.0. The summed E-state index contributed by atoms with van der Waals surface area (Å²) in [6.45, 7) is 0. The summed E-state index contributed by atoms with van der Waals surface area (Å²) in [7, 11) is 0. The first kappa shape index (κ1) is 18.4. The fraction of sp³-hybridized carbons (Fsp3) is 0. The molecule has 0 spiro atoms. The minimum Gasteiger partial charge on any atom is -0.297 e. The van der Waals surface area contributed by atoms with Crippen LogP contribution in [-0.4, -0.2) is 9.55 Å². The number of hydrogen-bond acceptors (Lipinski definition) is 1. The third-order valence-electron chi connectivity index (χ3n) is 4.19. The highest BCUT2D eigenvalue weighted by Crippen LogP contribution is 2.37. The second-order valence-corrected chi connectivity index (χ2v) is 7.56. The van der Waals surface area contributed by atoms with E-state index in [1.807, 2.05) is 65.2 Å². The van der Waals surface area contributed by atoms with Crippen LogP contribution in [0.4, 0.5) is 0 Å². The molecule has 27 heavy (non-hydrogen) atoms. The molecule has 0 N–H and O–H groups in total. The molecule has 0 amide bonds. The number of imidazole rings is 1. The molecule has 0 unspecified atom stereocenters. The van der Waals surface area contributed by atoms with Crippen molar-refractivity contribution in [1.82, 2.24) is 9.55 Å². The monoisotopic (exact) mass is 432 g/mol. The van der Waals surface area contributed by atoms with Crippen LogP contribution < -0.4 is 0 Å². The lowest BCUT2D eigenvalue weighted by Crippen LogP contribution is -1.97. The average molecular weight is 434 g/mol. The minimum absolute atomic E-state index is 0.467. The van der Waals surface area contributed by atoms with E-state index in [2.05, 4.69) is 4.98 Å². The van der Waals surface area contributed by atoms with Crippen LogP contribution in [0.2, 0.25) is 20.1 Å². The van der Waals surface area contributed by atoms with Crippen LogP contribution in [0.1, 0.15) is 0 Å². The summed E-state index contributed by atoms with van der Waals surface area (Å²) in [4.78, 5) is 4.65. The van der Waals surface area contributed by atoms with Crippen molar-refractivity contribution in [2.45, 2.75) is 0 Å². The molecule has 4 rings (SSSR count). The molecule has 0 bridgehead atoms. The van der Waals surface area contributed by atoms with Gasteiger partial charge in [-0.25, -0.2) is 4.98 Å². The Kier molecular flexibility index (Phi) is 5.16. The van der Waals surface area contributed by atoms with Crippen LogP contribution in [0.25, 0.3) is 28.2 Å². The van der Waals surface area contributed by atoms with Gasteiger partial charge >= 0.3 is 0 Å². The molecule has 1 heterocycles. The maximum atomic E-state index is 6.47. The Bertz CT molecular complexity index is 1100. The Morgan fingerprint density at radius 2 is 1.26 bits per heavy atom. The fourth-order valence-electron chi connectivity index (χ4n) is 2.91. The molecule has 0 aliphatic heterocycles. The summed E-state index contributed by atoms with van der Waals surface area (Å²) in [5.41, 5.74) is 4.35. The van der Waals surface area contributed by atoms with E-state index >= 15 is 0 Å². The third kappa shape index (κ3) is 3.59. The Morgan fingerprint density at radius 1 is 0.667 bits per heavy atom. The smallest absolute Gasteiger partial charge is 0.100 e. The molecule has 0 radical (unpaired) electrons. The van der Waals surface area contributed by atoms with Gasteiger partial charge in [-0.15, -0.1) is 0 Å². The van der Waals surface area contributed by atoms with E-state index in [1.165, 1.54) is 0 Å². The van der Waals surface area contributed by atoms with E-state index in [1.54, 1.807) is 12.4 Å². The SMILES string of the molecule is Clc1ccc(-c2ncn(-c3cccc(Cl)c3Cl)c2-c2ccc(Cl)cc2)cc1. The Morgan fingerprint density at radius 3 is 1.89 bits per heavy atom. The first-order valence-corrected chi connectivity index (χ1v) is 9.59. The molecule has 0 saturated carbocycles. The topological polar surface area (TPSA) is 17.8 Å².